The zero-order chi connectivity index (χ0) is 14.0. The van der Waals surface area contributed by atoms with E-state index in [2.05, 4.69) is 0 Å². The molecule has 0 radical (unpaired) electrons. The number of hydrogen-bond donors (Lipinski definition) is 1. The molecular formula is C12H13ClN2O4. The van der Waals surface area contributed by atoms with Crippen molar-refractivity contribution in [2.45, 2.75) is 25.4 Å². The van der Waals surface area contributed by atoms with Crippen molar-refractivity contribution in [1.29, 1.82) is 0 Å². The SMILES string of the molecule is O=C(O)CN(Cc1ccc(Cl)cc1[N+](=O)[O-])C1CC1. The molecule has 1 aromatic rings. The van der Waals surface area contributed by atoms with E-state index in [-0.39, 0.29) is 24.8 Å². The van der Waals surface area contributed by atoms with E-state index >= 15 is 0 Å². The van der Waals surface area contributed by atoms with Crippen molar-refractivity contribution >= 4 is 23.3 Å². The summed E-state index contributed by atoms with van der Waals surface area (Å²) in [6.07, 6.45) is 1.88. The number of rotatable bonds is 6. The maximum Gasteiger partial charge on any atom is 0.317 e. The fourth-order valence-electron chi connectivity index (χ4n) is 1.99. The van der Waals surface area contributed by atoms with Crippen LogP contribution in [0.15, 0.2) is 18.2 Å². The van der Waals surface area contributed by atoms with Gasteiger partial charge in [-0.1, -0.05) is 11.6 Å². The lowest BCUT2D eigenvalue weighted by molar-refractivity contribution is -0.385. The Morgan fingerprint density at radius 3 is 2.74 bits per heavy atom. The van der Waals surface area contributed by atoms with Crippen molar-refractivity contribution in [2.24, 2.45) is 0 Å². The summed E-state index contributed by atoms with van der Waals surface area (Å²) in [5.74, 6) is -0.927. The fraction of sp³-hybridized carbons (Fsp3) is 0.417. The third kappa shape index (κ3) is 3.65. The van der Waals surface area contributed by atoms with Crippen molar-refractivity contribution in [1.82, 2.24) is 4.90 Å². The molecule has 0 saturated heterocycles. The van der Waals surface area contributed by atoms with Crippen molar-refractivity contribution in [2.75, 3.05) is 6.54 Å². The lowest BCUT2D eigenvalue weighted by Gasteiger charge is -2.19. The molecular weight excluding hydrogens is 272 g/mol. The number of halogens is 1. The number of nitrogens with zero attached hydrogens (tertiary/aromatic N) is 2. The zero-order valence-electron chi connectivity index (χ0n) is 10.1. The number of nitro groups is 1. The maximum absolute atomic E-state index is 11.0. The molecule has 0 spiro atoms. The monoisotopic (exact) mass is 284 g/mol. The smallest absolute Gasteiger partial charge is 0.317 e. The highest BCUT2D eigenvalue weighted by Crippen LogP contribution is 2.31. The highest BCUT2D eigenvalue weighted by Gasteiger charge is 2.31. The molecule has 0 aromatic heterocycles. The second-order valence-electron chi connectivity index (χ2n) is 4.56. The summed E-state index contributed by atoms with van der Waals surface area (Å²) in [7, 11) is 0. The van der Waals surface area contributed by atoms with Crippen LogP contribution in [-0.4, -0.2) is 33.5 Å². The van der Waals surface area contributed by atoms with Gasteiger partial charge in [-0.2, -0.15) is 0 Å². The Kier molecular flexibility index (Phi) is 4.01. The first-order valence-corrected chi connectivity index (χ1v) is 6.24. The minimum absolute atomic E-state index is 0.0662. The van der Waals surface area contributed by atoms with Gasteiger partial charge in [-0.05, 0) is 25.0 Å². The van der Waals surface area contributed by atoms with E-state index in [1.807, 2.05) is 0 Å². The van der Waals surface area contributed by atoms with E-state index < -0.39 is 10.9 Å². The Labute approximate surface area is 114 Å². The van der Waals surface area contributed by atoms with Crippen LogP contribution in [0.1, 0.15) is 18.4 Å². The predicted octanol–water partition coefficient (Wildman–Crippen LogP) is 2.30. The molecule has 1 fully saturated rings. The second-order valence-corrected chi connectivity index (χ2v) is 5.00. The van der Waals surface area contributed by atoms with Gasteiger partial charge in [-0.3, -0.25) is 19.8 Å². The van der Waals surface area contributed by atoms with Crippen LogP contribution in [-0.2, 0) is 11.3 Å². The van der Waals surface area contributed by atoms with E-state index in [9.17, 15) is 14.9 Å². The molecule has 1 aliphatic carbocycles. The molecule has 19 heavy (non-hydrogen) atoms. The van der Waals surface area contributed by atoms with Gasteiger partial charge in [0, 0.05) is 29.2 Å². The normalized spacial score (nSPS) is 14.6. The Bertz CT molecular complexity index is 516. The minimum atomic E-state index is -0.927. The number of carboxylic acid groups (broad SMARTS) is 1. The first-order chi connectivity index (χ1) is 8.97. The molecule has 0 amide bonds. The number of carboxylic acids is 1. The summed E-state index contributed by atoms with van der Waals surface area (Å²) in [5.41, 5.74) is 0.422. The van der Waals surface area contributed by atoms with Gasteiger partial charge in [0.15, 0.2) is 0 Å². The third-order valence-electron chi connectivity index (χ3n) is 3.02. The number of aliphatic carboxylic acids is 1. The average molecular weight is 285 g/mol. The van der Waals surface area contributed by atoms with E-state index in [0.717, 1.165) is 12.8 Å². The van der Waals surface area contributed by atoms with Gasteiger partial charge < -0.3 is 5.11 Å². The molecule has 1 N–H and O–H groups in total. The van der Waals surface area contributed by atoms with Gasteiger partial charge in [0.05, 0.1) is 11.5 Å². The average Bonchev–Trinajstić information content (AvgIpc) is 3.13. The summed E-state index contributed by atoms with van der Waals surface area (Å²) in [6, 6.07) is 4.67. The van der Waals surface area contributed by atoms with Crippen molar-refractivity contribution in [3.8, 4) is 0 Å². The van der Waals surface area contributed by atoms with Crippen LogP contribution in [0.2, 0.25) is 5.02 Å². The molecule has 0 unspecified atom stereocenters. The van der Waals surface area contributed by atoms with Crippen LogP contribution < -0.4 is 0 Å². The minimum Gasteiger partial charge on any atom is -0.480 e. The fourth-order valence-corrected chi connectivity index (χ4v) is 2.15. The summed E-state index contributed by atoms with van der Waals surface area (Å²) in [4.78, 5) is 23.0. The number of carbonyl (C=O) groups is 1. The van der Waals surface area contributed by atoms with Crippen LogP contribution >= 0.6 is 11.6 Å². The molecule has 0 atom stereocenters. The molecule has 1 aliphatic rings. The molecule has 7 heteroatoms. The largest absolute Gasteiger partial charge is 0.480 e. The Morgan fingerprint density at radius 1 is 1.53 bits per heavy atom. The molecule has 0 aliphatic heterocycles. The topological polar surface area (TPSA) is 83.7 Å². The van der Waals surface area contributed by atoms with E-state index in [1.54, 1.807) is 17.0 Å². The van der Waals surface area contributed by atoms with Crippen LogP contribution in [0.4, 0.5) is 5.69 Å². The van der Waals surface area contributed by atoms with Crippen molar-refractivity contribution < 1.29 is 14.8 Å². The van der Waals surface area contributed by atoms with Crippen LogP contribution in [0.5, 0.6) is 0 Å². The van der Waals surface area contributed by atoms with E-state index in [0.29, 0.717) is 10.6 Å². The van der Waals surface area contributed by atoms with Crippen molar-refractivity contribution in [3.05, 3.63) is 38.9 Å². The summed E-state index contributed by atoms with van der Waals surface area (Å²) < 4.78 is 0. The second kappa shape index (κ2) is 5.54. The van der Waals surface area contributed by atoms with Gasteiger partial charge in [-0.25, -0.2) is 0 Å². The molecule has 0 bridgehead atoms. The maximum atomic E-state index is 11.0. The lowest BCUT2D eigenvalue weighted by Crippen LogP contribution is -2.31. The van der Waals surface area contributed by atoms with Gasteiger partial charge in [0.2, 0.25) is 0 Å². The molecule has 1 aromatic carbocycles. The number of hydrogen-bond acceptors (Lipinski definition) is 4. The summed E-state index contributed by atoms with van der Waals surface area (Å²) in [6.45, 7) is 0.148. The summed E-state index contributed by atoms with van der Waals surface area (Å²) >= 11 is 5.74. The van der Waals surface area contributed by atoms with Crippen LogP contribution in [0, 0.1) is 10.1 Å². The molecule has 2 rings (SSSR count). The van der Waals surface area contributed by atoms with Crippen molar-refractivity contribution in [3.63, 3.8) is 0 Å². The first kappa shape index (κ1) is 13.8. The van der Waals surface area contributed by atoms with E-state index in [1.165, 1.54) is 6.07 Å². The molecule has 0 heterocycles. The highest BCUT2D eigenvalue weighted by molar-refractivity contribution is 6.30. The molecule has 1 saturated carbocycles. The van der Waals surface area contributed by atoms with Gasteiger partial charge in [0.25, 0.3) is 5.69 Å². The lowest BCUT2D eigenvalue weighted by atomic mass is 10.1. The van der Waals surface area contributed by atoms with Gasteiger partial charge in [-0.15, -0.1) is 0 Å². The zero-order valence-corrected chi connectivity index (χ0v) is 10.8. The van der Waals surface area contributed by atoms with E-state index in [4.69, 9.17) is 16.7 Å². The summed E-state index contributed by atoms with van der Waals surface area (Å²) in [5, 5.41) is 20.1. The van der Waals surface area contributed by atoms with Crippen LogP contribution in [0.3, 0.4) is 0 Å². The standard InChI is InChI=1S/C12H13ClN2O4/c13-9-2-1-8(11(5-9)15(18)19)6-14(7-12(16)17)10-3-4-10/h1-2,5,10H,3-4,6-7H2,(H,16,17). The van der Waals surface area contributed by atoms with Gasteiger partial charge >= 0.3 is 5.97 Å². The van der Waals surface area contributed by atoms with Gasteiger partial charge in [0.1, 0.15) is 0 Å². The predicted molar refractivity (Wildman–Crippen MR) is 69.2 cm³/mol. The quantitative estimate of drug-likeness (QED) is 0.640. The number of benzene rings is 1. The Morgan fingerprint density at radius 2 is 2.21 bits per heavy atom. The molecule has 102 valence electrons. The highest BCUT2D eigenvalue weighted by atomic mass is 35.5. The van der Waals surface area contributed by atoms with Crippen LogP contribution in [0.25, 0.3) is 0 Å². The Hall–Kier alpha value is -1.66. The first-order valence-electron chi connectivity index (χ1n) is 5.86. The number of nitro benzene ring substituents is 1. The Balaban J connectivity index is 2.20. The third-order valence-corrected chi connectivity index (χ3v) is 3.25. The molecule has 6 nitrogen and oxygen atoms in total.